The van der Waals surface area contributed by atoms with Gasteiger partial charge in [-0.05, 0) is 30.5 Å². The SMILES string of the molecule is NC(=O)CC(NC(=O)N1CC(=O)NC2=C1N=CCC2)c1ccc(OC(F)(F)F)cc1. The number of aliphatic imine (C=N–C) groups is 1. The molecule has 0 saturated heterocycles. The van der Waals surface area contributed by atoms with E-state index in [2.05, 4.69) is 20.4 Å². The van der Waals surface area contributed by atoms with Crippen molar-refractivity contribution >= 4 is 24.1 Å². The Morgan fingerprint density at radius 3 is 2.63 bits per heavy atom. The van der Waals surface area contributed by atoms with Crippen molar-refractivity contribution < 1.29 is 32.3 Å². The van der Waals surface area contributed by atoms with E-state index in [9.17, 15) is 27.6 Å². The second kappa shape index (κ2) is 8.43. The lowest BCUT2D eigenvalue weighted by Crippen LogP contribution is -2.50. The Labute approximate surface area is 168 Å². The van der Waals surface area contributed by atoms with Crippen LogP contribution in [0.15, 0.2) is 40.8 Å². The number of carbonyl (C=O) groups is 3. The van der Waals surface area contributed by atoms with Crippen LogP contribution in [0.25, 0.3) is 0 Å². The molecule has 12 heteroatoms. The number of halogens is 3. The molecule has 0 fully saturated rings. The number of rotatable bonds is 5. The summed E-state index contributed by atoms with van der Waals surface area (Å²) in [4.78, 5) is 41.5. The summed E-state index contributed by atoms with van der Waals surface area (Å²) in [6.45, 7) is -0.274. The van der Waals surface area contributed by atoms with Gasteiger partial charge in [-0.25, -0.2) is 9.79 Å². The number of benzene rings is 1. The largest absolute Gasteiger partial charge is 0.573 e. The maximum absolute atomic E-state index is 12.8. The lowest BCUT2D eigenvalue weighted by atomic mass is 10.0. The van der Waals surface area contributed by atoms with Gasteiger partial charge in [0.15, 0.2) is 5.82 Å². The van der Waals surface area contributed by atoms with Crippen LogP contribution >= 0.6 is 0 Å². The smallest absolute Gasteiger partial charge is 0.406 e. The van der Waals surface area contributed by atoms with Gasteiger partial charge < -0.3 is 21.1 Å². The van der Waals surface area contributed by atoms with E-state index in [0.29, 0.717) is 29.9 Å². The van der Waals surface area contributed by atoms with Gasteiger partial charge in [0.1, 0.15) is 12.3 Å². The summed E-state index contributed by atoms with van der Waals surface area (Å²) in [6.07, 6.45) is -2.40. The van der Waals surface area contributed by atoms with Crippen LogP contribution in [0, 0.1) is 0 Å². The molecular weight excluding hydrogens is 407 g/mol. The number of hydrogen-bond acceptors (Lipinski definition) is 5. The highest BCUT2D eigenvalue weighted by Gasteiger charge is 2.33. The van der Waals surface area contributed by atoms with Gasteiger partial charge in [-0.15, -0.1) is 13.2 Å². The number of nitrogens with zero attached hydrogens (tertiary/aromatic N) is 2. The van der Waals surface area contributed by atoms with Gasteiger partial charge >= 0.3 is 12.4 Å². The van der Waals surface area contributed by atoms with Crippen LogP contribution in [0.5, 0.6) is 5.75 Å². The molecule has 30 heavy (non-hydrogen) atoms. The number of alkyl halides is 3. The number of carbonyl (C=O) groups excluding carboxylic acids is 3. The Morgan fingerprint density at radius 1 is 1.30 bits per heavy atom. The molecule has 0 saturated carbocycles. The highest BCUT2D eigenvalue weighted by Crippen LogP contribution is 2.27. The summed E-state index contributed by atoms with van der Waals surface area (Å²) in [7, 11) is 0. The van der Waals surface area contributed by atoms with Crippen LogP contribution in [0.3, 0.4) is 0 Å². The summed E-state index contributed by atoms with van der Waals surface area (Å²) >= 11 is 0. The van der Waals surface area contributed by atoms with E-state index in [1.165, 1.54) is 12.1 Å². The van der Waals surface area contributed by atoms with Gasteiger partial charge in [-0.1, -0.05) is 12.1 Å². The molecule has 3 rings (SSSR count). The minimum atomic E-state index is -4.84. The number of primary amides is 1. The van der Waals surface area contributed by atoms with E-state index >= 15 is 0 Å². The van der Waals surface area contributed by atoms with Crippen LogP contribution in [0.2, 0.25) is 0 Å². The number of nitrogens with one attached hydrogen (secondary N) is 2. The van der Waals surface area contributed by atoms with Gasteiger partial charge in [-0.3, -0.25) is 14.5 Å². The Hall–Kier alpha value is -3.57. The zero-order valence-electron chi connectivity index (χ0n) is 15.5. The molecule has 2 aliphatic rings. The molecular formula is C18H18F3N5O4. The third kappa shape index (κ3) is 5.27. The molecule has 4 N–H and O–H groups in total. The van der Waals surface area contributed by atoms with Crippen molar-refractivity contribution in [1.82, 2.24) is 15.5 Å². The fourth-order valence-corrected chi connectivity index (χ4v) is 3.08. The number of urea groups is 1. The zero-order chi connectivity index (χ0) is 21.9. The third-order valence-corrected chi connectivity index (χ3v) is 4.32. The zero-order valence-corrected chi connectivity index (χ0v) is 15.5. The monoisotopic (exact) mass is 425 g/mol. The maximum Gasteiger partial charge on any atom is 0.573 e. The van der Waals surface area contributed by atoms with Crippen LogP contribution in [-0.4, -0.2) is 41.9 Å². The molecule has 2 aliphatic heterocycles. The van der Waals surface area contributed by atoms with Gasteiger partial charge in [0.25, 0.3) is 0 Å². The van der Waals surface area contributed by atoms with E-state index in [4.69, 9.17) is 5.73 Å². The summed E-state index contributed by atoms with van der Waals surface area (Å²) < 4.78 is 40.8. The van der Waals surface area contributed by atoms with Crippen molar-refractivity contribution in [2.75, 3.05) is 6.54 Å². The van der Waals surface area contributed by atoms with Gasteiger partial charge in [0.05, 0.1) is 18.2 Å². The van der Waals surface area contributed by atoms with E-state index in [-0.39, 0.29) is 18.9 Å². The summed E-state index contributed by atoms with van der Waals surface area (Å²) in [5.41, 5.74) is 6.10. The van der Waals surface area contributed by atoms with E-state index in [1.54, 1.807) is 6.21 Å². The van der Waals surface area contributed by atoms with Gasteiger partial charge in [0, 0.05) is 6.21 Å². The fourth-order valence-electron chi connectivity index (χ4n) is 3.08. The van der Waals surface area contributed by atoms with Crippen LogP contribution in [0.1, 0.15) is 30.9 Å². The lowest BCUT2D eigenvalue weighted by Gasteiger charge is -2.32. The standard InChI is InChI=1S/C18H18F3N5O4/c19-18(20,21)30-11-5-3-10(4-6-11)13(8-14(22)27)25-17(29)26-9-15(28)24-12-2-1-7-23-16(12)26/h3-7,13H,1-2,8-9H2,(H2,22,27)(H,24,28)(H,25,29). The van der Waals surface area contributed by atoms with Crippen molar-refractivity contribution in [2.24, 2.45) is 10.7 Å². The average molecular weight is 425 g/mol. The fraction of sp³-hybridized carbons (Fsp3) is 0.333. The van der Waals surface area contributed by atoms with Crippen LogP contribution < -0.4 is 21.1 Å². The molecule has 1 aromatic carbocycles. The van der Waals surface area contributed by atoms with Crippen molar-refractivity contribution in [3.05, 3.63) is 41.3 Å². The van der Waals surface area contributed by atoms with Crippen LogP contribution in [-0.2, 0) is 9.59 Å². The van der Waals surface area contributed by atoms with Crippen molar-refractivity contribution in [1.29, 1.82) is 0 Å². The molecule has 0 aliphatic carbocycles. The second-order valence-corrected chi connectivity index (χ2v) is 6.58. The first-order valence-corrected chi connectivity index (χ1v) is 8.90. The molecule has 0 bridgehead atoms. The highest BCUT2D eigenvalue weighted by molar-refractivity contribution is 5.89. The normalized spacial score (nSPS) is 17.2. The topological polar surface area (TPSA) is 126 Å². The average Bonchev–Trinajstić information content (AvgIpc) is 2.65. The summed E-state index contributed by atoms with van der Waals surface area (Å²) in [5.74, 6) is -1.27. The van der Waals surface area contributed by atoms with E-state index in [1.807, 2.05) is 0 Å². The molecule has 0 aromatic heterocycles. The highest BCUT2D eigenvalue weighted by atomic mass is 19.4. The van der Waals surface area contributed by atoms with Crippen molar-refractivity contribution in [3.8, 4) is 5.75 Å². The summed E-state index contributed by atoms with van der Waals surface area (Å²) in [5, 5.41) is 5.26. The van der Waals surface area contributed by atoms with Gasteiger partial charge in [-0.2, -0.15) is 0 Å². The first-order chi connectivity index (χ1) is 14.1. The molecule has 4 amide bonds. The number of nitrogens with two attached hydrogens (primary N) is 1. The Bertz CT molecular complexity index is 911. The van der Waals surface area contributed by atoms with Gasteiger partial charge in [0.2, 0.25) is 11.8 Å². The summed E-state index contributed by atoms with van der Waals surface area (Å²) in [6, 6.07) is 3.05. The number of amides is 4. The number of hydrogen-bond donors (Lipinski definition) is 3. The van der Waals surface area contributed by atoms with Crippen LogP contribution in [0.4, 0.5) is 18.0 Å². The first-order valence-electron chi connectivity index (χ1n) is 8.90. The molecule has 1 unspecified atom stereocenters. The number of allylic oxidation sites excluding steroid dienone is 1. The second-order valence-electron chi connectivity index (χ2n) is 6.58. The minimum absolute atomic E-state index is 0.274. The molecule has 1 aromatic rings. The Morgan fingerprint density at radius 2 is 2.00 bits per heavy atom. The molecule has 0 spiro atoms. The predicted octanol–water partition coefficient (Wildman–Crippen LogP) is 1.68. The molecule has 160 valence electrons. The quantitative estimate of drug-likeness (QED) is 0.663. The first kappa shape index (κ1) is 21.1. The Kier molecular flexibility index (Phi) is 5.94. The predicted molar refractivity (Wildman–Crippen MR) is 97.8 cm³/mol. The molecule has 0 radical (unpaired) electrons. The lowest BCUT2D eigenvalue weighted by molar-refractivity contribution is -0.274. The van der Waals surface area contributed by atoms with Crippen molar-refractivity contribution in [2.45, 2.75) is 31.7 Å². The van der Waals surface area contributed by atoms with Crippen molar-refractivity contribution in [3.63, 3.8) is 0 Å². The third-order valence-electron chi connectivity index (χ3n) is 4.32. The molecule has 1 atom stereocenters. The Balaban J connectivity index is 1.79. The molecule has 2 heterocycles. The number of ether oxygens (including phenoxy) is 1. The maximum atomic E-state index is 12.8. The van der Waals surface area contributed by atoms with E-state index < -0.39 is 30.1 Å². The van der Waals surface area contributed by atoms with E-state index in [0.717, 1.165) is 17.0 Å². The molecule has 9 nitrogen and oxygen atoms in total. The minimum Gasteiger partial charge on any atom is -0.406 e.